The summed E-state index contributed by atoms with van der Waals surface area (Å²) in [5.74, 6) is 1.26. The van der Waals surface area contributed by atoms with Crippen LogP contribution in [0.2, 0.25) is 0 Å². The molecule has 1 atom stereocenters. The van der Waals surface area contributed by atoms with E-state index in [0.29, 0.717) is 32.6 Å². The Morgan fingerprint density at radius 1 is 0.968 bits per heavy atom. The molecule has 6 nitrogen and oxygen atoms in total. The monoisotopic (exact) mass is 424 g/mol. The van der Waals surface area contributed by atoms with Crippen molar-refractivity contribution < 1.29 is 19.1 Å². The number of nitrogens with one attached hydrogen (secondary N) is 1. The van der Waals surface area contributed by atoms with Gasteiger partial charge in [-0.1, -0.05) is 35.9 Å². The number of benzene rings is 2. The Bertz CT molecular complexity index is 908. The molecule has 0 aliphatic carbocycles. The van der Waals surface area contributed by atoms with Crippen molar-refractivity contribution in [2.45, 2.75) is 59.2 Å². The smallest absolute Gasteiger partial charge is 0.242 e. The van der Waals surface area contributed by atoms with E-state index in [4.69, 9.17) is 9.47 Å². The van der Waals surface area contributed by atoms with E-state index in [9.17, 15) is 9.59 Å². The third-order valence-corrected chi connectivity index (χ3v) is 5.31. The van der Waals surface area contributed by atoms with Gasteiger partial charge in [0.2, 0.25) is 11.8 Å². The van der Waals surface area contributed by atoms with E-state index in [1.165, 1.54) is 0 Å². The summed E-state index contributed by atoms with van der Waals surface area (Å²) in [4.78, 5) is 27.5. The summed E-state index contributed by atoms with van der Waals surface area (Å²) in [7, 11) is 0. The summed E-state index contributed by atoms with van der Waals surface area (Å²) in [5.41, 5.74) is 3.17. The zero-order valence-corrected chi connectivity index (χ0v) is 18.8. The molecule has 2 aromatic rings. The lowest BCUT2D eigenvalue weighted by molar-refractivity contribution is -0.140. The number of rotatable bonds is 8. The largest absolute Gasteiger partial charge is 0.486 e. The van der Waals surface area contributed by atoms with E-state index in [1.807, 2.05) is 63.2 Å². The summed E-state index contributed by atoms with van der Waals surface area (Å²) in [6, 6.07) is 13.3. The van der Waals surface area contributed by atoms with Crippen LogP contribution in [-0.4, -0.2) is 42.0 Å². The van der Waals surface area contributed by atoms with Crippen LogP contribution in [0.3, 0.4) is 0 Å². The number of carbonyl (C=O) groups excluding carboxylic acids is 2. The lowest BCUT2D eigenvalue weighted by Gasteiger charge is -2.29. The number of fused-ring (bicyclic) bond motifs is 1. The second-order valence-corrected chi connectivity index (χ2v) is 8.32. The number of hydrogen-bond donors (Lipinski definition) is 1. The molecule has 0 aromatic heterocycles. The summed E-state index contributed by atoms with van der Waals surface area (Å²) in [5, 5.41) is 2.92. The summed E-state index contributed by atoms with van der Waals surface area (Å²) < 4.78 is 11.2. The molecule has 1 heterocycles. The minimum Gasteiger partial charge on any atom is -0.486 e. The first kappa shape index (κ1) is 22.7. The fourth-order valence-corrected chi connectivity index (χ4v) is 3.52. The van der Waals surface area contributed by atoms with Crippen LogP contribution in [0, 0.1) is 6.92 Å². The third-order valence-electron chi connectivity index (χ3n) is 5.31. The molecule has 1 aliphatic heterocycles. The normalized spacial score (nSPS) is 13.6. The highest BCUT2D eigenvalue weighted by Crippen LogP contribution is 2.31. The fraction of sp³-hybridized carbons (Fsp3) is 0.440. The molecule has 3 rings (SSSR count). The summed E-state index contributed by atoms with van der Waals surface area (Å²) in [6.45, 7) is 9.12. The SMILES string of the molecule is Cc1ccc(CN(C(=O)CCc2ccc3c(c2)OCCO3)[C@@H](C)C(=O)NC(C)C)cc1. The topological polar surface area (TPSA) is 67.9 Å². The van der Waals surface area contributed by atoms with Crippen LogP contribution in [-0.2, 0) is 22.6 Å². The Kier molecular flexibility index (Phi) is 7.55. The molecule has 2 amide bonds. The maximum Gasteiger partial charge on any atom is 0.242 e. The minimum atomic E-state index is -0.559. The Balaban J connectivity index is 1.71. The van der Waals surface area contributed by atoms with Gasteiger partial charge in [-0.15, -0.1) is 0 Å². The zero-order valence-electron chi connectivity index (χ0n) is 18.8. The number of hydrogen-bond acceptors (Lipinski definition) is 4. The van der Waals surface area contributed by atoms with E-state index >= 15 is 0 Å². The average Bonchev–Trinajstić information content (AvgIpc) is 2.76. The van der Waals surface area contributed by atoms with Gasteiger partial charge in [-0.05, 0) is 57.4 Å². The predicted octanol–water partition coefficient (Wildman–Crippen LogP) is 3.64. The van der Waals surface area contributed by atoms with Crippen LogP contribution in [0.1, 0.15) is 43.9 Å². The van der Waals surface area contributed by atoms with Gasteiger partial charge in [-0.2, -0.15) is 0 Å². The van der Waals surface area contributed by atoms with Gasteiger partial charge in [-0.25, -0.2) is 0 Å². The van der Waals surface area contributed by atoms with Crippen LogP contribution < -0.4 is 14.8 Å². The molecular formula is C25H32N2O4. The summed E-state index contributed by atoms with van der Waals surface area (Å²) in [6.07, 6.45) is 0.878. The molecule has 2 aromatic carbocycles. The highest BCUT2D eigenvalue weighted by atomic mass is 16.6. The van der Waals surface area contributed by atoms with E-state index in [2.05, 4.69) is 5.32 Å². The van der Waals surface area contributed by atoms with E-state index in [-0.39, 0.29) is 17.9 Å². The molecule has 6 heteroatoms. The van der Waals surface area contributed by atoms with E-state index < -0.39 is 6.04 Å². The number of nitrogens with zero attached hydrogens (tertiary/aromatic N) is 1. The van der Waals surface area contributed by atoms with Crippen molar-refractivity contribution >= 4 is 11.8 Å². The Labute approximate surface area is 184 Å². The molecule has 31 heavy (non-hydrogen) atoms. The van der Waals surface area contributed by atoms with Gasteiger partial charge in [0.15, 0.2) is 11.5 Å². The highest BCUT2D eigenvalue weighted by molar-refractivity contribution is 5.87. The van der Waals surface area contributed by atoms with Crippen LogP contribution in [0.15, 0.2) is 42.5 Å². The number of aryl methyl sites for hydroxylation is 2. The number of carbonyl (C=O) groups is 2. The van der Waals surface area contributed by atoms with Gasteiger partial charge in [-0.3, -0.25) is 9.59 Å². The first-order chi connectivity index (χ1) is 14.8. The van der Waals surface area contributed by atoms with Crippen LogP contribution in [0.25, 0.3) is 0 Å². The van der Waals surface area contributed by atoms with Gasteiger partial charge >= 0.3 is 0 Å². The van der Waals surface area contributed by atoms with Crippen molar-refractivity contribution in [3.63, 3.8) is 0 Å². The number of ether oxygens (including phenoxy) is 2. The first-order valence-electron chi connectivity index (χ1n) is 10.9. The number of amides is 2. The lowest BCUT2D eigenvalue weighted by Crippen LogP contribution is -2.49. The molecule has 0 unspecified atom stereocenters. The maximum atomic E-state index is 13.2. The first-order valence-corrected chi connectivity index (χ1v) is 10.9. The minimum absolute atomic E-state index is 0.0176. The van der Waals surface area contributed by atoms with Gasteiger partial charge in [0.25, 0.3) is 0 Å². The molecule has 0 saturated carbocycles. The molecule has 0 radical (unpaired) electrons. The van der Waals surface area contributed by atoms with Crippen molar-refractivity contribution in [1.82, 2.24) is 10.2 Å². The standard InChI is InChI=1S/C25H32N2O4/c1-17(2)26-25(29)19(4)27(16-21-7-5-18(3)6-8-21)24(28)12-10-20-9-11-22-23(15-20)31-14-13-30-22/h5-9,11,15,17,19H,10,12-14,16H2,1-4H3,(H,26,29)/t19-/m0/s1. The molecule has 0 spiro atoms. The Morgan fingerprint density at radius 2 is 1.61 bits per heavy atom. The summed E-state index contributed by atoms with van der Waals surface area (Å²) >= 11 is 0. The fourth-order valence-electron chi connectivity index (χ4n) is 3.52. The Morgan fingerprint density at radius 3 is 2.29 bits per heavy atom. The molecule has 1 N–H and O–H groups in total. The van der Waals surface area contributed by atoms with Crippen LogP contribution in [0.5, 0.6) is 11.5 Å². The van der Waals surface area contributed by atoms with E-state index in [0.717, 1.165) is 28.2 Å². The third kappa shape index (κ3) is 6.23. The molecule has 0 bridgehead atoms. The quantitative estimate of drug-likeness (QED) is 0.703. The Hall–Kier alpha value is -3.02. The zero-order chi connectivity index (χ0) is 22.4. The molecule has 166 valence electrons. The van der Waals surface area contributed by atoms with Crippen molar-refractivity contribution in [2.24, 2.45) is 0 Å². The molecule has 1 aliphatic rings. The second kappa shape index (κ2) is 10.3. The van der Waals surface area contributed by atoms with Gasteiger partial charge in [0.1, 0.15) is 19.3 Å². The van der Waals surface area contributed by atoms with Gasteiger partial charge < -0.3 is 19.7 Å². The van der Waals surface area contributed by atoms with Crippen molar-refractivity contribution in [3.8, 4) is 11.5 Å². The molecular weight excluding hydrogens is 392 g/mol. The lowest BCUT2D eigenvalue weighted by atomic mass is 10.1. The average molecular weight is 425 g/mol. The molecule has 0 fully saturated rings. The second-order valence-electron chi connectivity index (χ2n) is 8.32. The van der Waals surface area contributed by atoms with Crippen molar-refractivity contribution in [2.75, 3.05) is 13.2 Å². The van der Waals surface area contributed by atoms with Gasteiger partial charge in [0, 0.05) is 19.0 Å². The molecule has 0 saturated heterocycles. The van der Waals surface area contributed by atoms with Crippen molar-refractivity contribution in [3.05, 3.63) is 59.2 Å². The van der Waals surface area contributed by atoms with E-state index in [1.54, 1.807) is 11.8 Å². The maximum absolute atomic E-state index is 13.2. The van der Waals surface area contributed by atoms with Crippen molar-refractivity contribution in [1.29, 1.82) is 0 Å². The predicted molar refractivity (Wildman–Crippen MR) is 120 cm³/mol. The van der Waals surface area contributed by atoms with Gasteiger partial charge in [0.05, 0.1) is 0 Å². The van der Waals surface area contributed by atoms with Crippen LogP contribution >= 0.6 is 0 Å². The van der Waals surface area contributed by atoms with Crippen LogP contribution in [0.4, 0.5) is 0 Å². The highest BCUT2D eigenvalue weighted by Gasteiger charge is 2.26.